The summed E-state index contributed by atoms with van der Waals surface area (Å²) in [6, 6.07) is -0.418. The van der Waals surface area contributed by atoms with E-state index in [1.54, 1.807) is 0 Å². The van der Waals surface area contributed by atoms with Crippen molar-refractivity contribution < 1.29 is 21.6 Å². The Labute approximate surface area is 106 Å². The minimum Gasteiger partial charge on any atom is -0.355 e. The Bertz CT molecular complexity index is 499. The standard InChI is InChI=1S/C8H17N3O5S2/c9-18(15,16)4-2-11-8(12)5-7-6-17(13,14)3-1-10-7/h7,10H,1-6H2,(H,11,12)(H2,9,15,16). The van der Waals surface area contributed by atoms with E-state index in [0.29, 0.717) is 6.54 Å². The number of sulfonamides is 1. The highest BCUT2D eigenvalue weighted by atomic mass is 32.2. The second kappa shape index (κ2) is 5.95. The van der Waals surface area contributed by atoms with Crippen molar-refractivity contribution >= 4 is 25.8 Å². The van der Waals surface area contributed by atoms with E-state index >= 15 is 0 Å². The van der Waals surface area contributed by atoms with Crippen molar-refractivity contribution in [1.29, 1.82) is 0 Å². The maximum Gasteiger partial charge on any atom is 0.221 e. The molecule has 18 heavy (non-hydrogen) atoms. The highest BCUT2D eigenvalue weighted by Gasteiger charge is 2.25. The van der Waals surface area contributed by atoms with Crippen LogP contribution in [0.3, 0.4) is 0 Å². The number of primary sulfonamides is 1. The minimum atomic E-state index is -3.60. The lowest BCUT2D eigenvalue weighted by molar-refractivity contribution is -0.121. The highest BCUT2D eigenvalue weighted by Crippen LogP contribution is 2.04. The Morgan fingerprint density at radius 3 is 2.67 bits per heavy atom. The smallest absolute Gasteiger partial charge is 0.221 e. The molecular weight excluding hydrogens is 282 g/mol. The number of nitrogens with one attached hydrogen (secondary N) is 2. The van der Waals surface area contributed by atoms with E-state index < -0.39 is 31.8 Å². The van der Waals surface area contributed by atoms with E-state index in [0.717, 1.165) is 0 Å². The number of carbonyl (C=O) groups is 1. The second-order valence-corrected chi connectivity index (χ2v) is 8.15. The molecule has 1 saturated heterocycles. The van der Waals surface area contributed by atoms with Crippen LogP contribution in [0.15, 0.2) is 0 Å². The van der Waals surface area contributed by atoms with Crippen LogP contribution in [0.2, 0.25) is 0 Å². The third-order valence-electron chi connectivity index (χ3n) is 2.44. The molecule has 1 amide bonds. The molecule has 0 aromatic carbocycles. The summed E-state index contributed by atoms with van der Waals surface area (Å²) >= 11 is 0. The van der Waals surface area contributed by atoms with Crippen LogP contribution in [0.1, 0.15) is 6.42 Å². The lowest BCUT2D eigenvalue weighted by Gasteiger charge is -2.23. The van der Waals surface area contributed by atoms with Gasteiger partial charge in [0.2, 0.25) is 15.9 Å². The molecule has 1 rings (SSSR count). The molecule has 1 aliphatic heterocycles. The van der Waals surface area contributed by atoms with E-state index in [1.165, 1.54) is 0 Å². The van der Waals surface area contributed by atoms with Crippen molar-refractivity contribution in [2.45, 2.75) is 12.5 Å². The van der Waals surface area contributed by atoms with Crippen molar-refractivity contribution in [3.05, 3.63) is 0 Å². The van der Waals surface area contributed by atoms with Gasteiger partial charge in [-0.3, -0.25) is 4.79 Å². The van der Waals surface area contributed by atoms with Crippen LogP contribution in [-0.2, 0) is 24.7 Å². The van der Waals surface area contributed by atoms with E-state index in [-0.39, 0.29) is 30.2 Å². The maximum atomic E-state index is 11.4. The van der Waals surface area contributed by atoms with Gasteiger partial charge in [0.25, 0.3) is 0 Å². The van der Waals surface area contributed by atoms with Gasteiger partial charge in [-0.15, -0.1) is 0 Å². The molecule has 0 aromatic heterocycles. The lowest BCUT2D eigenvalue weighted by atomic mass is 10.2. The van der Waals surface area contributed by atoms with Crippen molar-refractivity contribution in [2.24, 2.45) is 5.14 Å². The molecule has 10 heteroatoms. The molecular formula is C8H17N3O5S2. The molecule has 0 spiro atoms. The average molecular weight is 299 g/mol. The van der Waals surface area contributed by atoms with Crippen molar-refractivity contribution in [2.75, 3.05) is 30.3 Å². The van der Waals surface area contributed by atoms with Crippen molar-refractivity contribution in [3.8, 4) is 0 Å². The monoisotopic (exact) mass is 299 g/mol. The normalized spacial score (nSPS) is 23.5. The third kappa shape index (κ3) is 6.28. The topological polar surface area (TPSA) is 135 Å². The predicted octanol–water partition coefficient (Wildman–Crippen LogP) is -2.83. The van der Waals surface area contributed by atoms with Crippen LogP contribution in [0.25, 0.3) is 0 Å². The first-order valence-corrected chi connectivity index (χ1v) is 8.93. The molecule has 0 aromatic rings. The molecule has 0 saturated carbocycles. The SMILES string of the molecule is NS(=O)(=O)CCNC(=O)CC1CS(=O)(=O)CCN1. The fourth-order valence-corrected chi connectivity index (χ4v) is 3.46. The third-order valence-corrected chi connectivity index (χ3v) is 4.95. The van der Waals surface area contributed by atoms with Crippen LogP contribution >= 0.6 is 0 Å². The van der Waals surface area contributed by atoms with E-state index in [1.807, 2.05) is 0 Å². The molecule has 4 N–H and O–H groups in total. The Balaban J connectivity index is 2.32. The largest absolute Gasteiger partial charge is 0.355 e. The number of hydrogen-bond donors (Lipinski definition) is 3. The van der Waals surface area contributed by atoms with Crippen LogP contribution in [0.5, 0.6) is 0 Å². The zero-order chi connectivity index (χ0) is 13.8. The van der Waals surface area contributed by atoms with Crippen LogP contribution < -0.4 is 15.8 Å². The first kappa shape index (κ1) is 15.3. The summed E-state index contributed by atoms with van der Waals surface area (Å²) in [6.07, 6.45) is 0.00382. The van der Waals surface area contributed by atoms with Crippen molar-refractivity contribution in [3.63, 3.8) is 0 Å². The zero-order valence-corrected chi connectivity index (χ0v) is 11.4. The Morgan fingerprint density at radius 2 is 2.11 bits per heavy atom. The number of nitrogens with two attached hydrogens (primary N) is 1. The Kier molecular flexibility index (Phi) is 5.08. The summed E-state index contributed by atoms with van der Waals surface area (Å²) < 4.78 is 43.9. The second-order valence-electron chi connectivity index (χ2n) is 4.19. The molecule has 8 nitrogen and oxygen atoms in total. The quantitative estimate of drug-likeness (QED) is 0.500. The number of hydrogen-bond acceptors (Lipinski definition) is 6. The summed E-state index contributed by atoms with van der Waals surface area (Å²) in [5.74, 6) is -0.727. The number of sulfone groups is 1. The molecule has 106 valence electrons. The molecule has 1 aliphatic rings. The Hall–Kier alpha value is -0.710. The fourth-order valence-electron chi connectivity index (χ4n) is 1.63. The fraction of sp³-hybridized carbons (Fsp3) is 0.875. The average Bonchev–Trinajstić information content (AvgIpc) is 2.13. The lowest BCUT2D eigenvalue weighted by Crippen LogP contribution is -2.47. The molecule has 0 aliphatic carbocycles. The van der Waals surface area contributed by atoms with Gasteiger partial charge in [0, 0.05) is 25.6 Å². The van der Waals surface area contributed by atoms with Gasteiger partial charge in [0.15, 0.2) is 9.84 Å². The van der Waals surface area contributed by atoms with Crippen LogP contribution in [0, 0.1) is 0 Å². The summed E-state index contributed by atoms with van der Waals surface area (Å²) in [5.41, 5.74) is 0. The predicted molar refractivity (Wildman–Crippen MR) is 66.0 cm³/mol. The number of rotatable bonds is 5. The number of amides is 1. The summed E-state index contributed by atoms with van der Waals surface area (Å²) in [7, 11) is -6.68. The summed E-state index contributed by atoms with van der Waals surface area (Å²) in [6.45, 7) is 0.259. The summed E-state index contributed by atoms with van der Waals surface area (Å²) in [4.78, 5) is 11.4. The van der Waals surface area contributed by atoms with Gasteiger partial charge >= 0.3 is 0 Å². The van der Waals surface area contributed by atoms with Crippen LogP contribution in [-0.4, -0.2) is 59.1 Å². The van der Waals surface area contributed by atoms with E-state index in [4.69, 9.17) is 5.14 Å². The van der Waals surface area contributed by atoms with E-state index in [2.05, 4.69) is 10.6 Å². The molecule has 1 heterocycles. The minimum absolute atomic E-state index is 0.00382. The summed E-state index contributed by atoms with van der Waals surface area (Å²) in [5, 5.41) is 10.1. The first-order chi connectivity index (χ1) is 8.18. The number of carbonyl (C=O) groups excluding carboxylic acids is 1. The molecule has 0 bridgehead atoms. The van der Waals surface area contributed by atoms with Crippen molar-refractivity contribution in [1.82, 2.24) is 10.6 Å². The molecule has 1 unspecified atom stereocenters. The zero-order valence-electron chi connectivity index (χ0n) is 9.76. The van der Waals surface area contributed by atoms with Gasteiger partial charge in [-0.25, -0.2) is 22.0 Å². The first-order valence-electron chi connectivity index (χ1n) is 5.39. The van der Waals surface area contributed by atoms with Crippen LogP contribution in [0.4, 0.5) is 0 Å². The highest BCUT2D eigenvalue weighted by molar-refractivity contribution is 7.91. The van der Waals surface area contributed by atoms with E-state index in [9.17, 15) is 21.6 Å². The van der Waals surface area contributed by atoms with Gasteiger partial charge in [0.1, 0.15) is 0 Å². The molecule has 1 fully saturated rings. The van der Waals surface area contributed by atoms with Gasteiger partial charge in [-0.05, 0) is 0 Å². The maximum absolute atomic E-state index is 11.4. The molecule has 1 atom stereocenters. The van der Waals surface area contributed by atoms with Gasteiger partial charge in [-0.1, -0.05) is 0 Å². The van der Waals surface area contributed by atoms with Gasteiger partial charge < -0.3 is 10.6 Å². The van der Waals surface area contributed by atoms with Gasteiger partial charge in [-0.2, -0.15) is 0 Å². The Morgan fingerprint density at radius 1 is 1.44 bits per heavy atom. The molecule has 0 radical (unpaired) electrons. The van der Waals surface area contributed by atoms with Gasteiger partial charge in [0.05, 0.1) is 17.3 Å².